The molecular formula is C32H32N8OS. The second-order valence-electron chi connectivity index (χ2n) is 10.5. The number of nitrogens with zero attached hydrogens (tertiary/aromatic N) is 6. The van der Waals surface area contributed by atoms with Crippen molar-refractivity contribution in [2.45, 2.75) is 13.5 Å². The number of carbonyl (C=O) groups is 1. The summed E-state index contributed by atoms with van der Waals surface area (Å²) >= 11 is 1.43. The van der Waals surface area contributed by atoms with Crippen molar-refractivity contribution >= 4 is 34.8 Å². The molecule has 1 saturated heterocycles. The summed E-state index contributed by atoms with van der Waals surface area (Å²) in [7, 11) is 2.16. The van der Waals surface area contributed by atoms with Crippen molar-refractivity contribution < 1.29 is 4.79 Å². The molecule has 0 bridgehead atoms. The lowest BCUT2D eigenvalue weighted by Crippen LogP contribution is -2.43. The fourth-order valence-corrected chi connectivity index (χ4v) is 5.42. The Hall–Kier alpha value is -4.51. The maximum absolute atomic E-state index is 13.0. The van der Waals surface area contributed by atoms with Crippen LogP contribution in [0.15, 0.2) is 85.5 Å². The number of carbonyl (C=O) groups excluding carboxylic acids is 1. The molecule has 2 aromatic carbocycles. The Morgan fingerprint density at radius 3 is 2.52 bits per heavy atom. The molecule has 0 saturated carbocycles. The van der Waals surface area contributed by atoms with E-state index in [-0.39, 0.29) is 5.91 Å². The Morgan fingerprint density at radius 1 is 0.929 bits per heavy atom. The maximum atomic E-state index is 13.0. The van der Waals surface area contributed by atoms with Crippen molar-refractivity contribution in [1.82, 2.24) is 29.1 Å². The zero-order valence-electron chi connectivity index (χ0n) is 23.6. The molecule has 2 N–H and O–H groups in total. The third kappa shape index (κ3) is 6.68. The number of aromatic nitrogens is 4. The first-order chi connectivity index (χ1) is 20.5. The molecule has 1 fully saturated rings. The number of aryl methyl sites for hydroxylation is 1. The van der Waals surface area contributed by atoms with Gasteiger partial charge >= 0.3 is 0 Å². The van der Waals surface area contributed by atoms with Gasteiger partial charge < -0.3 is 15.5 Å². The monoisotopic (exact) mass is 576 g/mol. The lowest BCUT2D eigenvalue weighted by Gasteiger charge is -2.32. The predicted molar refractivity (Wildman–Crippen MR) is 168 cm³/mol. The average molecular weight is 577 g/mol. The molecule has 0 unspecified atom stereocenters. The Bertz CT molecular complexity index is 1660. The molecular weight excluding hydrogens is 544 g/mol. The molecule has 6 rings (SSSR count). The molecule has 3 aromatic heterocycles. The quantitative estimate of drug-likeness (QED) is 0.242. The second-order valence-corrected chi connectivity index (χ2v) is 11.3. The molecule has 4 heterocycles. The first-order valence-corrected chi connectivity index (χ1v) is 14.7. The lowest BCUT2D eigenvalue weighted by molar-refractivity contribution is 0.102. The first-order valence-electron chi connectivity index (χ1n) is 13.9. The van der Waals surface area contributed by atoms with E-state index >= 15 is 0 Å². The Morgan fingerprint density at radius 2 is 1.74 bits per heavy atom. The van der Waals surface area contributed by atoms with Gasteiger partial charge in [-0.2, -0.15) is 0 Å². The van der Waals surface area contributed by atoms with Crippen LogP contribution in [0.25, 0.3) is 21.7 Å². The first kappa shape index (κ1) is 27.6. The summed E-state index contributed by atoms with van der Waals surface area (Å²) < 4.78 is 4.19. The number of piperazine rings is 1. The molecule has 9 nitrogen and oxygen atoms in total. The van der Waals surface area contributed by atoms with Crippen molar-refractivity contribution in [2.75, 3.05) is 43.9 Å². The van der Waals surface area contributed by atoms with E-state index in [0.29, 0.717) is 17.2 Å². The molecule has 0 spiro atoms. The van der Waals surface area contributed by atoms with Gasteiger partial charge in [-0.3, -0.25) is 14.7 Å². The standard InChI is InChI=1S/C32H32N8OS/c1-22-3-8-27(36-31(41)24-6-4-23(5-7-24)21-40-15-13-39(2)14-16-40)18-29(22)38-32-34-11-9-28(37-32)25-17-26(20-33-19-25)30-10-12-35-42-30/h3-12,17-20H,13-16,21H2,1-2H3,(H,36,41)(H,34,37,38). The Labute approximate surface area is 249 Å². The van der Waals surface area contributed by atoms with Crippen LogP contribution in [0.3, 0.4) is 0 Å². The number of anilines is 3. The van der Waals surface area contributed by atoms with Gasteiger partial charge in [0, 0.05) is 85.6 Å². The average Bonchev–Trinajstić information content (AvgIpc) is 3.56. The highest BCUT2D eigenvalue weighted by molar-refractivity contribution is 7.09. The number of amides is 1. The van der Waals surface area contributed by atoms with Crippen molar-refractivity contribution in [1.29, 1.82) is 0 Å². The van der Waals surface area contributed by atoms with Crippen LogP contribution in [0.5, 0.6) is 0 Å². The van der Waals surface area contributed by atoms with Crippen molar-refractivity contribution in [3.63, 3.8) is 0 Å². The zero-order valence-corrected chi connectivity index (χ0v) is 24.4. The third-order valence-electron chi connectivity index (χ3n) is 7.37. The van der Waals surface area contributed by atoms with E-state index < -0.39 is 0 Å². The fourth-order valence-electron chi connectivity index (χ4n) is 4.84. The van der Waals surface area contributed by atoms with Gasteiger partial charge in [-0.15, -0.1) is 0 Å². The summed E-state index contributed by atoms with van der Waals surface area (Å²) in [4.78, 5) is 32.4. The van der Waals surface area contributed by atoms with Gasteiger partial charge in [-0.25, -0.2) is 14.3 Å². The number of nitrogens with one attached hydrogen (secondary N) is 2. The number of rotatable bonds is 8. The van der Waals surface area contributed by atoms with Crippen LogP contribution in [0.2, 0.25) is 0 Å². The molecule has 1 aliphatic rings. The number of benzene rings is 2. The summed E-state index contributed by atoms with van der Waals surface area (Å²) in [6.45, 7) is 7.21. The Balaban J connectivity index is 1.12. The van der Waals surface area contributed by atoms with Crippen LogP contribution < -0.4 is 10.6 Å². The highest BCUT2D eigenvalue weighted by atomic mass is 32.1. The number of pyridine rings is 1. The van der Waals surface area contributed by atoms with Crippen LogP contribution in [0, 0.1) is 6.92 Å². The largest absolute Gasteiger partial charge is 0.324 e. The summed E-state index contributed by atoms with van der Waals surface area (Å²) in [5.41, 5.74) is 6.97. The number of hydrogen-bond acceptors (Lipinski definition) is 9. The minimum absolute atomic E-state index is 0.150. The van der Waals surface area contributed by atoms with E-state index in [2.05, 4.69) is 41.8 Å². The highest BCUT2D eigenvalue weighted by Gasteiger charge is 2.15. The molecule has 0 aliphatic carbocycles. The number of hydrogen-bond donors (Lipinski definition) is 2. The maximum Gasteiger partial charge on any atom is 0.255 e. The van der Waals surface area contributed by atoms with E-state index in [1.807, 2.05) is 73.8 Å². The van der Waals surface area contributed by atoms with Crippen LogP contribution in [0.4, 0.5) is 17.3 Å². The summed E-state index contributed by atoms with van der Waals surface area (Å²) in [5.74, 6) is 0.306. The van der Waals surface area contributed by atoms with Gasteiger partial charge in [0.2, 0.25) is 5.95 Å². The van der Waals surface area contributed by atoms with Gasteiger partial charge in [0.05, 0.1) is 10.6 Å². The van der Waals surface area contributed by atoms with E-state index in [9.17, 15) is 4.79 Å². The minimum atomic E-state index is -0.150. The second kappa shape index (κ2) is 12.6. The predicted octanol–water partition coefficient (Wildman–Crippen LogP) is 5.71. The van der Waals surface area contributed by atoms with Crippen molar-refractivity contribution in [3.05, 3.63) is 102 Å². The van der Waals surface area contributed by atoms with E-state index in [1.165, 1.54) is 17.1 Å². The molecule has 5 aromatic rings. The molecule has 1 aliphatic heterocycles. The Kier molecular flexibility index (Phi) is 8.27. The van der Waals surface area contributed by atoms with Crippen LogP contribution >= 0.6 is 11.5 Å². The van der Waals surface area contributed by atoms with Crippen LogP contribution in [-0.4, -0.2) is 68.3 Å². The smallest absolute Gasteiger partial charge is 0.255 e. The van der Waals surface area contributed by atoms with E-state index in [4.69, 9.17) is 4.98 Å². The minimum Gasteiger partial charge on any atom is -0.324 e. The molecule has 42 heavy (non-hydrogen) atoms. The van der Waals surface area contributed by atoms with Crippen LogP contribution in [-0.2, 0) is 6.54 Å². The van der Waals surface area contributed by atoms with Crippen LogP contribution in [0.1, 0.15) is 21.5 Å². The van der Waals surface area contributed by atoms with E-state index in [0.717, 1.165) is 65.7 Å². The van der Waals surface area contributed by atoms with Gasteiger partial charge in [0.25, 0.3) is 5.91 Å². The molecule has 10 heteroatoms. The molecule has 212 valence electrons. The summed E-state index contributed by atoms with van der Waals surface area (Å²) in [5, 5.41) is 6.34. The van der Waals surface area contributed by atoms with Gasteiger partial charge in [-0.05, 0) is 79.1 Å². The van der Waals surface area contributed by atoms with Crippen molar-refractivity contribution in [3.8, 4) is 21.7 Å². The summed E-state index contributed by atoms with van der Waals surface area (Å²) in [6, 6.07) is 19.5. The topological polar surface area (TPSA) is 99.2 Å². The van der Waals surface area contributed by atoms with Crippen molar-refractivity contribution in [2.24, 2.45) is 0 Å². The molecule has 1 amide bonds. The third-order valence-corrected chi connectivity index (χ3v) is 8.17. The zero-order chi connectivity index (χ0) is 28.9. The molecule has 0 radical (unpaired) electrons. The SMILES string of the molecule is Cc1ccc(NC(=O)c2ccc(CN3CCN(C)CC3)cc2)cc1Nc1nccc(-c2cncc(-c3ccns3)c2)n1. The molecule has 0 atom stereocenters. The highest BCUT2D eigenvalue weighted by Crippen LogP contribution is 2.28. The van der Waals surface area contributed by atoms with Gasteiger partial charge in [0.15, 0.2) is 0 Å². The normalized spacial score (nSPS) is 14.0. The number of likely N-dealkylation sites (N-methyl/N-ethyl adjacent to an activating group) is 1. The van der Waals surface area contributed by atoms with E-state index in [1.54, 1.807) is 18.6 Å². The summed E-state index contributed by atoms with van der Waals surface area (Å²) in [6.07, 6.45) is 7.11. The van der Waals surface area contributed by atoms with Gasteiger partial charge in [-0.1, -0.05) is 18.2 Å². The lowest BCUT2D eigenvalue weighted by atomic mass is 10.1. The fraction of sp³-hybridized carbons (Fsp3) is 0.219. The van der Waals surface area contributed by atoms with Gasteiger partial charge in [0.1, 0.15) is 0 Å².